The van der Waals surface area contributed by atoms with Crippen LogP contribution >= 0.6 is 0 Å². The maximum absolute atomic E-state index is 11.9. The van der Waals surface area contributed by atoms with Crippen molar-refractivity contribution in [1.29, 1.82) is 0 Å². The third-order valence-corrected chi connectivity index (χ3v) is 3.83. The van der Waals surface area contributed by atoms with Gasteiger partial charge in [0, 0.05) is 19.0 Å². The Morgan fingerprint density at radius 3 is 2.53 bits per heavy atom. The molecule has 1 aliphatic rings. The van der Waals surface area contributed by atoms with Crippen molar-refractivity contribution in [2.24, 2.45) is 5.92 Å². The van der Waals surface area contributed by atoms with Gasteiger partial charge in [-0.05, 0) is 36.4 Å². The summed E-state index contributed by atoms with van der Waals surface area (Å²) in [4.78, 5) is 11.9. The maximum Gasteiger partial charge on any atom is 0.223 e. The van der Waals surface area contributed by atoms with E-state index in [4.69, 9.17) is 0 Å². The first-order chi connectivity index (χ1) is 9.13. The minimum Gasteiger partial charge on any atom is -0.355 e. The number of benzene rings is 1. The first kappa shape index (κ1) is 14.1. The summed E-state index contributed by atoms with van der Waals surface area (Å²) in [5.41, 5.74) is 2.66. The predicted molar refractivity (Wildman–Crippen MR) is 78.3 cm³/mol. The largest absolute Gasteiger partial charge is 0.355 e. The maximum atomic E-state index is 11.9. The molecule has 19 heavy (non-hydrogen) atoms. The Labute approximate surface area is 115 Å². The number of hydrogen-bond acceptors (Lipinski definition) is 2. The van der Waals surface area contributed by atoms with E-state index in [9.17, 15) is 4.79 Å². The Balaban J connectivity index is 1.86. The molecule has 1 fully saturated rings. The van der Waals surface area contributed by atoms with Crippen molar-refractivity contribution >= 4 is 5.91 Å². The number of likely N-dealkylation sites (N-methyl/N-ethyl adjacent to an activating group) is 1. The van der Waals surface area contributed by atoms with Gasteiger partial charge >= 0.3 is 0 Å². The van der Waals surface area contributed by atoms with Gasteiger partial charge in [-0.2, -0.15) is 0 Å². The van der Waals surface area contributed by atoms with Crippen LogP contribution in [0.25, 0.3) is 0 Å². The van der Waals surface area contributed by atoms with Gasteiger partial charge in [0.1, 0.15) is 0 Å². The van der Waals surface area contributed by atoms with E-state index in [2.05, 4.69) is 48.7 Å². The average molecular weight is 260 g/mol. The lowest BCUT2D eigenvalue weighted by Gasteiger charge is -2.07. The third-order valence-electron chi connectivity index (χ3n) is 3.83. The monoisotopic (exact) mass is 260 g/mol. The zero-order valence-electron chi connectivity index (χ0n) is 12.1. The summed E-state index contributed by atoms with van der Waals surface area (Å²) in [6.07, 6.45) is 0.992. The van der Waals surface area contributed by atoms with Crippen molar-refractivity contribution in [2.75, 3.05) is 20.1 Å². The van der Waals surface area contributed by atoms with Crippen LogP contribution < -0.4 is 10.6 Å². The van der Waals surface area contributed by atoms with Crippen molar-refractivity contribution < 1.29 is 4.79 Å². The highest BCUT2D eigenvalue weighted by molar-refractivity contribution is 5.82. The first-order valence-corrected chi connectivity index (χ1v) is 7.15. The number of hydrogen-bond donors (Lipinski definition) is 2. The molecule has 0 spiro atoms. The molecule has 0 aliphatic heterocycles. The van der Waals surface area contributed by atoms with E-state index < -0.39 is 0 Å². The second-order valence-electron chi connectivity index (χ2n) is 5.66. The Morgan fingerprint density at radius 1 is 1.26 bits per heavy atom. The van der Waals surface area contributed by atoms with Gasteiger partial charge in [-0.15, -0.1) is 0 Å². The Kier molecular flexibility index (Phi) is 4.59. The van der Waals surface area contributed by atoms with Crippen molar-refractivity contribution in [2.45, 2.75) is 32.1 Å². The summed E-state index contributed by atoms with van der Waals surface area (Å²) in [5, 5.41) is 6.00. The smallest absolute Gasteiger partial charge is 0.223 e. The van der Waals surface area contributed by atoms with E-state index in [0.29, 0.717) is 18.4 Å². The molecule has 1 amide bonds. The Morgan fingerprint density at radius 2 is 1.95 bits per heavy atom. The standard InChI is InChI=1S/C16H24N2O/c1-11(2)12-4-6-13(7-5-12)14-10-15(14)16(19)18-9-8-17-3/h4-7,11,14-15,17H,8-10H2,1-3H3,(H,18,19). The van der Waals surface area contributed by atoms with E-state index in [1.54, 1.807) is 0 Å². The van der Waals surface area contributed by atoms with Gasteiger partial charge in [0.2, 0.25) is 5.91 Å². The molecule has 2 rings (SSSR count). The Hall–Kier alpha value is -1.35. The van der Waals surface area contributed by atoms with Gasteiger partial charge in [-0.3, -0.25) is 4.79 Å². The fourth-order valence-electron chi connectivity index (χ4n) is 2.42. The molecular formula is C16H24N2O. The van der Waals surface area contributed by atoms with Gasteiger partial charge in [-0.1, -0.05) is 38.1 Å². The van der Waals surface area contributed by atoms with Crippen LogP contribution in [0.5, 0.6) is 0 Å². The summed E-state index contributed by atoms with van der Waals surface area (Å²) in [6, 6.07) is 8.74. The zero-order chi connectivity index (χ0) is 13.8. The lowest BCUT2D eigenvalue weighted by Crippen LogP contribution is -2.31. The van der Waals surface area contributed by atoms with Gasteiger partial charge in [-0.25, -0.2) is 0 Å². The number of rotatable bonds is 6. The topological polar surface area (TPSA) is 41.1 Å². The number of amides is 1. The lowest BCUT2D eigenvalue weighted by molar-refractivity contribution is -0.122. The number of carbonyl (C=O) groups is 1. The molecule has 0 radical (unpaired) electrons. The van der Waals surface area contributed by atoms with Crippen molar-refractivity contribution in [3.8, 4) is 0 Å². The second kappa shape index (κ2) is 6.20. The normalized spacial score (nSPS) is 21.5. The van der Waals surface area contributed by atoms with Gasteiger partial charge in [0.25, 0.3) is 0 Å². The molecule has 0 heterocycles. The summed E-state index contributed by atoms with van der Waals surface area (Å²) in [6.45, 7) is 5.94. The van der Waals surface area contributed by atoms with Crippen LogP contribution in [0.3, 0.4) is 0 Å². The van der Waals surface area contributed by atoms with Crippen LogP contribution in [-0.2, 0) is 4.79 Å². The minimum absolute atomic E-state index is 0.182. The number of nitrogens with one attached hydrogen (secondary N) is 2. The fraction of sp³-hybridized carbons (Fsp3) is 0.562. The minimum atomic E-state index is 0.182. The fourth-order valence-corrected chi connectivity index (χ4v) is 2.42. The van der Waals surface area contributed by atoms with Crippen LogP contribution in [0.15, 0.2) is 24.3 Å². The van der Waals surface area contributed by atoms with E-state index >= 15 is 0 Å². The van der Waals surface area contributed by atoms with Gasteiger partial charge in [0.15, 0.2) is 0 Å². The Bertz CT molecular complexity index is 425. The van der Waals surface area contributed by atoms with Crippen molar-refractivity contribution in [1.82, 2.24) is 10.6 Å². The van der Waals surface area contributed by atoms with E-state index in [1.807, 2.05) is 7.05 Å². The lowest BCUT2D eigenvalue weighted by atomic mass is 10.00. The molecule has 2 atom stereocenters. The highest BCUT2D eigenvalue weighted by Crippen LogP contribution is 2.47. The molecular weight excluding hydrogens is 236 g/mol. The van der Waals surface area contributed by atoms with Crippen LogP contribution in [-0.4, -0.2) is 26.0 Å². The van der Waals surface area contributed by atoms with Crippen molar-refractivity contribution in [3.63, 3.8) is 0 Å². The summed E-state index contributed by atoms with van der Waals surface area (Å²) in [5.74, 6) is 1.37. The molecule has 2 unspecified atom stereocenters. The molecule has 2 N–H and O–H groups in total. The molecule has 0 bridgehead atoms. The molecule has 104 valence electrons. The molecule has 1 saturated carbocycles. The van der Waals surface area contributed by atoms with Crippen LogP contribution in [0, 0.1) is 5.92 Å². The molecule has 0 aromatic heterocycles. The third kappa shape index (κ3) is 3.57. The first-order valence-electron chi connectivity index (χ1n) is 7.15. The predicted octanol–water partition coefficient (Wildman–Crippen LogP) is 2.25. The quantitative estimate of drug-likeness (QED) is 0.770. The molecule has 3 heteroatoms. The molecule has 3 nitrogen and oxygen atoms in total. The highest BCUT2D eigenvalue weighted by Gasteiger charge is 2.43. The van der Waals surface area contributed by atoms with Crippen LogP contribution in [0.2, 0.25) is 0 Å². The van der Waals surface area contributed by atoms with Crippen LogP contribution in [0.1, 0.15) is 43.2 Å². The summed E-state index contributed by atoms with van der Waals surface area (Å²) < 4.78 is 0. The van der Waals surface area contributed by atoms with Gasteiger partial charge in [0.05, 0.1) is 0 Å². The van der Waals surface area contributed by atoms with Crippen LogP contribution in [0.4, 0.5) is 0 Å². The molecule has 1 aliphatic carbocycles. The summed E-state index contributed by atoms with van der Waals surface area (Å²) in [7, 11) is 1.89. The van der Waals surface area contributed by atoms with E-state index in [0.717, 1.165) is 13.0 Å². The number of carbonyl (C=O) groups excluding carboxylic acids is 1. The average Bonchev–Trinajstić information content (AvgIpc) is 3.19. The van der Waals surface area contributed by atoms with Crippen molar-refractivity contribution in [3.05, 3.63) is 35.4 Å². The SMILES string of the molecule is CNCCNC(=O)C1CC1c1ccc(C(C)C)cc1. The highest BCUT2D eigenvalue weighted by atomic mass is 16.2. The molecule has 0 saturated heterocycles. The molecule has 1 aromatic rings. The van der Waals surface area contributed by atoms with E-state index in [-0.39, 0.29) is 11.8 Å². The van der Waals surface area contributed by atoms with Gasteiger partial charge < -0.3 is 10.6 Å². The second-order valence-corrected chi connectivity index (χ2v) is 5.66. The van der Waals surface area contributed by atoms with E-state index in [1.165, 1.54) is 11.1 Å². The summed E-state index contributed by atoms with van der Waals surface area (Å²) >= 11 is 0. The molecule has 1 aromatic carbocycles. The zero-order valence-corrected chi connectivity index (χ0v) is 12.1.